The van der Waals surface area contributed by atoms with Crippen molar-refractivity contribution in [2.75, 3.05) is 13.1 Å². The normalized spacial score (nSPS) is 17.2. The van der Waals surface area contributed by atoms with Gasteiger partial charge in [0.25, 0.3) is 0 Å². The summed E-state index contributed by atoms with van der Waals surface area (Å²) in [5.41, 5.74) is 0. The molecule has 0 saturated carbocycles. The molecular weight excluding hydrogens is 392 g/mol. The van der Waals surface area contributed by atoms with Gasteiger partial charge in [0, 0.05) is 22.8 Å². The summed E-state index contributed by atoms with van der Waals surface area (Å²) in [4.78, 5) is 17.1. The van der Waals surface area contributed by atoms with Gasteiger partial charge in [-0.2, -0.15) is 4.98 Å². The Kier molecular flexibility index (Phi) is 6.37. The molecule has 6 nitrogen and oxygen atoms in total. The third-order valence-electron chi connectivity index (χ3n) is 3.27. The highest BCUT2D eigenvalue weighted by Crippen LogP contribution is 2.27. The van der Waals surface area contributed by atoms with Gasteiger partial charge in [-0.1, -0.05) is 5.16 Å². The Labute approximate surface area is 146 Å². The molecular formula is C13H16BrClN4O2S. The van der Waals surface area contributed by atoms with E-state index in [1.54, 1.807) is 11.3 Å². The van der Waals surface area contributed by atoms with Crippen LogP contribution in [0.15, 0.2) is 20.4 Å². The van der Waals surface area contributed by atoms with E-state index in [1.165, 1.54) is 0 Å². The van der Waals surface area contributed by atoms with Crippen molar-refractivity contribution in [1.82, 2.24) is 20.8 Å². The number of amides is 1. The summed E-state index contributed by atoms with van der Waals surface area (Å²) < 4.78 is 6.20. The Hall–Kier alpha value is -0.960. The lowest BCUT2D eigenvalue weighted by atomic mass is 10.2. The zero-order chi connectivity index (χ0) is 14.7. The van der Waals surface area contributed by atoms with Gasteiger partial charge in [-0.3, -0.25) is 4.79 Å². The van der Waals surface area contributed by atoms with E-state index in [9.17, 15) is 4.79 Å². The van der Waals surface area contributed by atoms with Crippen molar-refractivity contribution in [1.29, 1.82) is 0 Å². The van der Waals surface area contributed by atoms with Gasteiger partial charge in [0.2, 0.25) is 17.6 Å². The van der Waals surface area contributed by atoms with E-state index in [4.69, 9.17) is 4.52 Å². The van der Waals surface area contributed by atoms with Crippen molar-refractivity contribution in [3.8, 4) is 10.7 Å². The number of nitrogens with zero attached hydrogens (tertiary/aromatic N) is 2. The maximum absolute atomic E-state index is 11.8. The highest BCUT2D eigenvalue weighted by Gasteiger charge is 2.21. The monoisotopic (exact) mass is 406 g/mol. The van der Waals surface area contributed by atoms with Gasteiger partial charge in [0.15, 0.2) is 0 Å². The highest BCUT2D eigenvalue weighted by molar-refractivity contribution is 9.10. The molecule has 2 aromatic rings. The summed E-state index contributed by atoms with van der Waals surface area (Å²) in [5, 5.41) is 12.0. The molecule has 3 rings (SSSR count). The zero-order valence-corrected chi connectivity index (χ0v) is 14.9. The van der Waals surface area contributed by atoms with Crippen molar-refractivity contribution in [3.63, 3.8) is 0 Å². The van der Waals surface area contributed by atoms with Crippen LogP contribution in [0.1, 0.15) is 18.7 Å². The Balaban J connectivity index is 0.00000176. The van der Waals surface area contributed by atoms with E-state index >= 15 is 0 Å². The lowest BCUT2D eigenvalue weighted by Crippen LogP contribution is -2.41. The topological polar surface area (TPSA) is 80.1 Å². The first-order valence-electron chi connectivity index (χ1n) is 6.80. The predicted molar refractivity (Wildman–Crippen MR) is 90.3 cm³/mol. The van der Waals surface area contributed by atoms with E-state index in [0.29, 0.717) is 24.7 Å². The van der Waals surface area contributed by atoms with Gasteiger partial charge in [-0.25, -0.2) is 0 Å². The van der Waals surface area contributed by atoms with E-state index < -0.39 is 0 Å². The smallest absolute Gasteiger partial charge is 0.237 e. The Morgan fingerprint density at radius 3 is 3.14 bits per heavy atom. The molecule has 1 unspecified atom stereocenters. The minimum absolute atomic E-state index is 0. The first-order valence-corrected chi connectivity index (χ1v) is 8.48. The summed E-state index contributed by atoms with van der Waals surface area (Å²) in [7, 11) is 0. The van der Waals surface area contributed by atoms with Gasteiger partial charge in [-0.05, 0) is 41.4 Å². The summed E-state index contributed by atoms with van der Waals surface area (Å²) in [5.74, 6) is 1.17. The molecule has 1 amide bonds. The minimum Gasteiger partial charge on any atom is -0.354 e. The molecule has 1 saturated heterocycles. The third-order valence-corrected chi connectivity index (χ3v) is 4.96. The fraction of sp³-hybridized carbons (Fsp3) is 0.462. The summed E-state index contributed by atoms with van der Waals surface area (Å²) in [6.07, 6.45) is 2.50. The van der Waals surface area contributed by atoms with Crippen LogP contribution in [-0.2, 0) is 11.2 Å². The van der Waals surface area contributed by atoms with E-state index in [2.05, 4.69) is 36.7 Å². The standard InChI is InChI=1S/C13H15BrN4O2S.ClH/c14-8-6-10(21-7-8)12-17-11(20-18-12)3-5-16-13(19)9-2-1-4-15-9;/h6-7,9,15H,1-5H2,(H,16,19);1H. The first kappa shape index (κ1) is 17.4. The molecule has 9 heteroatoms. The van der Waals surface area contributed by atoms with Crippen molar-refractivity contribution in [3.05, 3.63) is 21.8 Å². The second kappa shape index (κ2) is 8.05. The number of aromatic nitrogens is 2. The van der Waals surface area contributed by atoms with Gasteiger partial charge < -0.3 is 15.2 Å². The number of hydrogen-bond acceptors (Lipinski definition) is 6. The van der Waals surface area contributed by atoms with Crippen molar-refractivity contribution < 1.29 is 9.32 Å². The van der Waals surface area contributed by atoms with Gasteiger partial charge in [0.1, 0.15) is 0 Å². The Bertz CT molecular complexity index is 627. The number of halogens is 2. The van der Waals surface area contributed by atoms with Crippen LogP contribution in [0.3, 0.4) is 0 Å². The number of hydrogen-bond donors (Lipinski definition) is 2. The fourth-order valence-corrected chi connectivity index (χ4v) is 3.56. The molecule has 3 heterocycles. The van der Waals surface area contributed by atoms with Gasteiger partial charge in [0.05, 0.1) is 10.9 Å². The van der Waals surface area contributed by atoms with E-state index in [0.717, 1.165) is 28.7 Å². The third kappa shape index (κ3) is 4.28. The minimum atomic E-state index is -0.0493. The van der Waals surface area contributed by atoms with Crippen molar-refractivity contribution in [2.24, 2.45) is 0 Å². The molecule has 0 bridgehead atoms. The quantitative estimate of drug-likeness (QED) is 0.795. The molecule has 2 aromatic heterocycles. The van der Waals surface area contributed by atoms with Crippen LogP contribution in [0, 0.1) is 0 Å². The molecule has 1 fully saturated rings. The van der Waals surface area contributed by atoms with Crippen LogP contribution in [0.5, 0.6) is 0 Å². The van der Waals surface area contributed by atoms with Gasteiger partial charge >= 0.3 is 0 Å². The molecule has 120 valence electrons. The second-order valence-electron chi connectivity index (χ2n) is 4.83. The number of thiophene rings is 1. The molecule has 0 aromatic carbocycles. The Morgan fingerprint density at radius 2 is 2.45 bits per heavy atom. The maximum atomic E-state index is 11.8. The second-order valence-corrected chi connectivity index (χ2v) is 6.66. The molecule has 22 heavy (non-hydrogen) atoms. The number of carbonyl (C=O) groups is 1. The van der Waals surface area contributed by atoms with Crippen molar-refractivity contribution in [2.45, 2.75) is 25.3 Å². The molecule has 0 spiro atoms. The average Bonchev–Trinajstić information content (AvgIpc) is 3.19. The van der Waals surface area contributed by atoms with Crippen LogP contribution in [0.2, 0.25) is 0 Å². The van der Waals surface area contributed by atoms with Crippen LogP contribution in [-0.4, -0.2) is 35.2 Å². The van der Waals surface area contributed by atoms with E-state index in [1.807, 2.05) is 11.4 Å². The lowest BCUT2D eigenvalue weighted by molar-refractivity contribution is -0.122. The van der Waals surface area contributed by atoms with Gasteiger partial charge in [-0.15, -0.1) is 23.7 Å². The molecule has 1 aliphatic heterocycles. The van der Waals surface area contributed by atoms with Crippen LogP contribution >= 0.6 is 39.7 Å². The number of carbonyl (C=O) groups excluding carboxylic acids is 1. The highest BCUT2D eigenvalue weighted by atomic mass is 79.9. The summed E-state index contributed by atoms with van der Waals surface area (Å²) in [6, 6.07) is 1.90. The maximum Gasteiger partial charge on any atom is 0.237 e. The first-order chi connectivity index (χ1) is 10.2. The van der Waals surface area contributed by atoms with Crippen LogP contribution in [0.4, 0.5) is 0 Å². The SMILES string of the molecule is Cl.O=C(NCCc1nc(-c2cc(Br)cs2)no1)C1CCCN1. The summed E-state index contributed by atoms with van der Waals surface area (Å²) in [6.45, 7) is 1.42. The largest absolute Gasteiger partial charge is 0.354 e. The average molecular weight is 408 g/mol. The lowest BCUT2D eigenvalue weighted by Gasteiger charge is -2.09. The molecule has 0 aliphatic carbocycles. The van der Waals surface area contributed by atoms with E-state index in [-0.39, 0.29) is 24.4 Å². The zero-order valence-electron chi connectivity index (χ0n) is 11.7. The molecule has 0 radical (unpaired) electrons. The summed E-state index contributed by atoms with van der Waals surface area (Å²) >= 11 is 4.95. The number of nitrogens with one attached hydrogen (secondary N) is 2. The van der Waals surface area contributed by atoms with Crippen LogP contribution in [0.25, 0.3) is 10.7 Å². The molecule has 1 atom stereocenters. The number of rotatable bonds is 5. The Morgan fingerprint density at radius 1 is 1.59 bits per heavy atom. The molecule has 2 N–H and O–H groups in total. The van der Waals surface area contributed by atoms with Crippen LogP contribution < -0.4 is 10.6 Å². The fourth-order valence-electron chi connectivity index (χ4n) is 2.21. The molecule has 1 aliphatic rings. The van der Waals surface area contributed by atoms with Crippen molar-refractivity contribution >= 4 is 45.6 Å². The predicted octanol–water partition coefficient (Wildman–Crippen LogP) is 2.39.